The smallest absolute Gasteiger partial charge is 0.271 e. The summed E-state index contributed by atoms with van der Waals surface area (Å²) in [5.41, 5.74) is 13.1. The molecule has 0 saturated carbocycles. The van der Waals surface area contributed by atoms with Crippen molar-refractivity contribution >= 4 is 34.2 Å². The Bertz CT molecular complexity index is 978. The topological polar surface area (TPSA) is 120 Å². The first-order valence-corrected chi connectivity index (χ1v) is 7.62. The molecule has 0 atom stereocenters. The molecule has 4 N–H and O–H groups in total. The Balaban J connectivity index is 2.00. The number of carbonyl (C=O) groups excluding carboxylic acids is 2. The number of hydrogen-bond donors (Lipinski definition) is 2. The van der Waals surface area contributed by atoms with Crippen molar-refractivity contribution in [3.8, 4) is 0 Å². The summed E-state index contributed by atoms with van der Waals surface area (Å²) >= 11 is 0. The van der Waals surface area contributed by atoms with E-state index in [1.54, 1.807) is 19.3 Å². The van der Waals surface area contributed by atoms with Crippen molar-refractivity contribution in [2.75, 3.05) is 10.6 Å². The van der Waals surface area contributed by atoms with Crippen molar-refractivity contribution in [3.63, 3.8) is 0 Å². The van der Waals surface area contributed by atoms with Crippen LogP contribution in [-0.2, 0) is 18.4 Å². The second kappa shape index (κ2) is 6.23. The van der Waals surface area contributed by atoms with Crippen LogP contribution in [0.15, 0.2) is 36.5 Å². The predicted molar refractivity (Wildman–Crippen MR) is 94.7 cm³/mol. The van der Waals surface area contributed by atoms with Gasteiger partial charge in [0.15, 0.2) is 5.69 Å². The predicted octanol–water partition coefficient (Wildman–Crippen LogP) is 1.20. The minimum absolute atomic E-state index is 0.0564. The summed E-state index contributed by atoms with van der Waals surface area (Å²) in [5.74, 6) is -0.484. The Morgan fingerprint density at radius 2 is 1.96 bits per heavy atom. The molecule has 25 heavy (non-hydrogen) atoms. The lowest BCUT2D eigenvalue weighted by Gasteiger charge is -2.20. The van der Waals surface area contributed by atoms with Crippen LogP contribution in [0.5, 0.6) is 0 Å². The fourth-order valence-corrected chi connectivity index (χ4v) is 2.67. The number of nitrogens with zero attached hydrogens (tertiary/aromatic N) is 4. The van der Waals surface area contributed by atoms with Crippen LogP contribution in [0.3, 0.4) is 0 Å². The third kappa shape index (κ3) is 3.27. The molecule has 0 aliphatic rings. The van der Waals surface area contributed by atoms with Gasteiger partial charge in [0, 0.05) is 25.6 Å². The standard InChI is InChI=1S/C17H18N6O2/c1-10(24)23(14-9-22(2)21-16(14)17(19)25)8-11-3-4-12-5-6-15(18)20-13(12)7-11/h3-7,9H,8H2,1-2H3,(H2,18,20)(H2,19,25). The summed E-state index contributed by atoms with van der Waals surface area (Å²) < 4.78 is 1.45. The Hall–Kier alpha value is -3.42. The fraction of sp³-hybridized carbons (Fsp3) is 0.176. The van der Waals surface area contributed by atoms with Crippen molar-refractivity contribution < 1.29 is 9.59 Å². The highest BCUT2D eigenvalue weighted by Gasteiger charge is 2.22. The van der Waals surface area contributed by atoms with E-state index in [-0.39, 0.29) is 18.1 Å². The van der Waals surface area contributed by atoms with Gasteiger partial charge in [-0.3, -0.25) is 14.3 Å². The van der Waals surface area contributed by atoms with Gasteiger partial charge in [0.05, 0.1) is 17.7 Å². The van der Waals surface area contributed by atoms with Crippen LogP contribution >= 0.6 is 0 Å². The number of benzene rings is 1. The summed E-state index contributed by atoms with van der Waals surface area (Å²) in [6.45, 7) is 1.68. The van der Waals surface area contributed by atoms with Crippen molar-refractivity contribution in [1.82, 2.24) is 14.8 Å². The molecule has 0 radical (unpaired) electrons. The van der Waals surface area contributed by atoms with Crippen LogP contribution in [0.4, 0.5) is 11.5 Å². The quantitative estimate of drug-likeness (QED) is 0.740. The fourth-order valence-electron chi connectivity index (χ4n) is 2.67. The number of nitrogens with two attached hydrogens (primary N) is 2. The number of aryl methyl sites for hydroxylation is 1. The molecule has 2 heterocycles. The van der Waals surface area contributed by atoms with Gasteiger partial charge in [-0.15, -0.1) is 0 Å². The zero-order chi connectivity index (χ0) is 18.1. The molecule has 0 spiro atoms. The van der Waals surface area contributed by atoms with Gasteiger partial charge in [0.25, 0.3) is 5.91 Å². The average molecular weight is 338 g/mol. The third-order valence-electron chi connectivity index (χ3n) is 3.83. The van der Waals surface area contributed by atoms with E-state index in [0.717, 1.165) is 16.5 Å². The molecular weight excluding hydrogens is 320 g/mol. The highest BCUT2D eigenvalue weighted by molar-refractivity contribution is 6.02. The number of carbonyl (C=O) groups is 2. The van der Waals surface area contributed by atoms with Crippen LogP contribution in [-0.4, -0.2) is 26.6 Å². The molecule has 2 amide bonds. The maximum Gasteiger partial charge on any atom is 0.271 e. The maximum atomic E-state index is 12.2. The van der Waals surface area contributed by atoms with Gasteiger partial charge >= 0.3 is 0 Å². The molecule has 8 nitrogen and oxygen atoms in total. The zero-order valence-corrected chi connectivity index (χ0v) is 13.9. The Morgan fingerprint density at radius 1 is 1.24 bits per heavy atom. The Morgan fingerprint density at radius 3 is 2.64 bits per heavy atom. The molecule has 0 aliphatic carbocycles. The van der Waals surface area contributed by atoms with E-state index < -0.39 is 5.91 Å². The second-order valence-corrected chi connectivity index (χ2v) is 5.77. The molecule has 3 aromatic rings. The minimum atomic E-state index is -0.685. The van der Waals surface area contributed by atoms with Gasteiger partial charge in [-0.25, -0.2) is 4.98 Å². The lowest BCUT2D eigenvalue weighted by atomic mass is 10.1. The largest absolute Gasteiger partial charge is 0.384 e. The highest BCUT2D eigenvalue weighted by atomic mass is 16.2. The van der Waals surface area contributed by atoms with Crippen LogP contribution in [0.25, 0.3) is 10.9 Å². The number of amides is 2. The normalized spacial score (nSPS) is 10.8. The number of aromatic nitrogens is 3. The van der Waals surface area contributed by atoms with E-state index in [1.807, 2.05) is 24.3 Å². The molecule has 1 aromatic carbocycles. The van der Waals surface area contributed by atoms with Gasteiger partial charge in [-0.1, -0.05) is 12.1 Å². The molecule has 0 bridgehead atoms. The first kappa shape index (κ1) is 16.4. The Labute approximate surface area is 144 Å². The van der Waals surface area contributed by atoms with Crippen LogP contribution in [0, 0.1) is 0 Å². The van der Waals surface area contributed by atoms with Gasteiger partial charge in [-0.2, -0.15) is 5.10 Å². The molecule has 0 unspecified atom stereocenters. The lowest BCUT2D eigenvalue weighted by molar-refractivity contribution is -0.116. The number of fused-ring (bicyclic) bond motifs is 1. The average Bonchev–Trinajstić information content (AvgIpc) is 2.93. The van der Waals surface area contributed by atoms with Crippen LogP contribution in [0.2, 0.25) is 0 Å². The second-order valence-electron chi connectivity index (χ2n) is 5.77. The van der Waals surface area contributed by atoms with Crippen LogP contribution in [0.1, 0.15) is 23.0 Å². The van der Waals surface area contributed by atoms with Crippen LogP contribution < -0.4 is 16.4 Å². The number of nitrogen functional groups attached to an aromatic ring is 1. The summed E-state index contributed by atoms with van der Waals surface area (Å²) in [6.07, 6.45) is 1.60. The molecule has 0 saturated heterocycles. The van der Waals surface area contributed by atoms with Crippen molar-refractivity contribution in [2.24, 2.45) is 12.8 Å². The molecule has 8 heteroatoms. The molecular formula is C17H18N6O2. The zero-order valence-electron chi connectivity index (χ0n) is 13.9. The van der Waals surface area contributed by atoms with E-state index in [0.29, 0.717) is 11.5 Å². The summed E-state index contributed by atoms with van der Waals surface area (Å²) in [5, 5.41) is 4.99. The number of primary amides is 1. The summed E-state index contributed by atoms with van der Waals surface area (Å²) in [4.78, 5) is 29.5. The van der Waals surface area contributed by atoms with E-state index in [1.165, 1.54) is 16.5 Å². The SMILES string of the molecule is CC(=O)N(Cc1ccc2ccc(N)nc2c1)c1cn(C)nc1C(N)=O. The van der Waals surface area contributed by atoms with Gasteiger partial charge < -0.3 is 16.4 Å². The number of rotatable bonds is 4. The minimum Gasteiger partial charge on any atom is -0.384 e. The van der Waals surface area contributed by atoms with Crippen molar-refractivity contribution in [1.29, 1.82) is 0 Å². The first-order valence-electron chi connectivity index (χ1n) is 7.62. The Kier molecular flexibility index (Phi) is 4.10. The maximum absolute atomic E-state index is 12.2. The first-order chi connectivity index (χ1) is 11.8. The van der Waals surface area contributed by atoms with E-state index in [9.17, 15) is 9.59 Å². The van der Waals surface area contributed by atoms with Crippen molar-refractivity contribution in [2.45, 2.75) is 13.5 Å². The molecule has 0 fully saturated rings. The van der Waals surface area contributed by atoms with E-state index >= 15 is 0 Å². The van der Waals surface area contributed by atoms with Gasteiger partial charge in [0.2, 0.25) is 5.91 Å². The molecule has 2 aromatic heterocycles. The number of hydrogen-bond acceptors (Lipinski definition) is 5. The molecule has 3 rings (SSSR count). The van der Waals surface area contributed by atoms with E-state index in [2.05, 4.69) is 10.1 Å². The number of pyridine rings is 1. The monoisotopic (exact) mass is 338 g/mol. The van der Waals surface area contributed by atoms with E-state index in [4.69, 9.17) is 11.5 Å². The van der Waals surface area contributed by atoms with Gasteiger partial charge in [-0.05, 0) is 23.8 Å². The number of anilines is 2. The summed E-state index contributed by atoms with van der Waals surface area (Å²) in [6, 6.07) is 9.29. The lowest BCUT2D eigenvalue weighted by Crippen LogP contribution is -2.29. The summed E-state index contributed by atoms with van der Waals surface area (Å²) in [7, 11) is 1.66. The van der Waals surface area contributed by atoms with Crippen molar-refractivity contribution in [3.05, 3.63) is 47.8 Å². The molecule has 128 valence electrons. The van der Waals surface area contributed by atoms with Gasteiger partial charge in [0.1, 0.15) is 5.82 Å². The molecule has 0 aliphatic heterocycles. The third-order valence-corrected chi connectivity index (χ3v) is 3.83. The highest BCUT2D eigenvalue weighted by Crippen LogP contribution is 2.23.